The van der Waals surface area contributed by atoms with Gasteiger partial charge < -0.3 is 15.4 Å². The molecule has 0 saturated carbocycles. The molecule has 2 saturated heterocycles. The molecule has 0 aromatic heterocycles. The van der Waals surface area contributed by atoms with Gasteiger partial charge in [-0.05, 0) is 25.3 Å². The number of nitrogens with zero attached hydrogens (tertiary/aromatic N) is 1. The van der Waals surface area contributed by atoms with Gasteiger partial charge in [0.25, 0.3) is 0 Å². The lowest BCUT2D eigenvalue weighted by Gasteiger charge is -2.40. The van der Waals surface area contributed by atoms with E-state index < -0.39 is 0 Å². The first-order valence-corrected chi connectivity index (χ1v) is 5.38. The predicted molar refractivity (Wildman–Crippen MR) is 52.7 cm³/mol. The molecule has 0 aromatic carbocycles. The van der Waals surface area contributed by atoms with Gasteiger partial charge in [0.05, 0.1) is 12.5 Å². The summed E-state index contributed by atoms with van der Waals surface area (Å²) in [4.78, 5) is 13.7. The Morgan fingerprint density at radius 1 is 1.50 bits per heavy atom. The number of rotatable bonds is 3. The summed E-state index contributed by atoms with van der Waals surface area (Å²) in [5.41, 5.74) is 5.46. The van der Waals surface area contributed by atoms with E-state index in [9.17, 15) is 4.79 Å². The Kier molecular flexibility index (Phi) is 3.03. The molecule has 4 nitrogen and oxygen atoms in total. The van der Waals surface area contributed by atoms with Crippen molar-refractivity contribution in [3.63, 3.8) is 0 Å². The second-order valence-electron chi connectivity index (χ2n) is 4.25. The van der Waals surface area contributed by atoms with Gasteiger partial charge in [0.2, 0.25) is 5.91 Å². The third-order valence-corrected chi connectivity index (χ3v) is 3.12. The van der Waals surface area contributed by atoms with E-state index >= 15 is 0 Å². The predicted octanol–water partition coefficient (Wildman–Crippen LogP) is -0.170. The van der Waals surface area contributed by atoms with Crippen LogP contribution in [-0.4, -0.2) is 43.7 Å². The van der Waals surface area contributed by atoms with Crippen molar-refractivity contribution >= 4 is 5.91 Å². The third kappa shape index (κ3) is 1.91. The van der Waals surface area contributed by atoms with Gasteiger partial charge in [0.1, 0.15) is 0 Å². The molecular formula is C10H18N2O2. The van der Waals surface area contributed by atoms with Crippen molar-refractivity contribution in [2.75, 3.05) is 32.8 Å². The molecule has 0 aromatic rings. The van der Waals surface area contributed by atoms with Gasteiger partial charge in [-0.3, -0.25) is 4.79 Å². The number of carbonyl (C=O) groups excluding carboxylic acids is 1. The molecule has 1 amide bonds. The quantitative estimate of drug-likeness (QED) is 0.685. The number of likely N-dealkylation sites (tertiary alicyclic amines) is 1. The lowest BCUT2D eigenvalue weighted by molar-refractivity contribution is -0.142. The monoisotopic (exact) mass is 198 g/mol. The van der Waals surface area contributed by atoms with Crippen LogP contribution in [0.2, 0.25) is 0 Å². The Morgan fingerprint density at radius 3 is 2.86 bits per heavy atom. The molecule has 2 heterocycles. The summed E-state index contributed by atoms with van der Waals surface area (Å²) in [6, 6.07) is 0. The van der Waals surface area contributed by atoms with Crippen LogP contribution in [0.5, 0.6) is 0 Å². The lowest BCUT2D eigenvalue weighted by atomic mass is 9.94. The van der Waals surface area contributed by atoms with Gasteiger partial charge in [-0.1, -0.05) is 0 Å². The van der Waals surface area contributed by atoms with Crippen LogP contribution >= 0.6 is 0 Å². The molecule has 14 heavy (non-hydrogen) atoms. The van der Waals surface area contributed by atoms with E-state index in [1.165, 1.54) is 0 Å². The average Bonchev–Trinajstić information content (AvgIpc) is 2.62. The van der Waals surface area contributed by atoms with E-state index in [1.54, 1.807) is 0 Å². The molecule has 2 fully saturated rings. The lowest BCUT2D eigenvalue weighted by Crippen LogP contribution is -2.52. The van der Waals surface area contributed by atoms with Gasteiger partial charge in [0, 0.05) is 19.7 Å². The summed E-state index contributed by atoms with van der Waals surface area (Å²) in [6.45, 7) is 3.92. The van der Waals surface area contributed by atoms with Gasteiger partial charge in [-0.25, -0.2) is 0 Å². The van der Waals surface area contributed by atoms with Crippen LogP contribution in [0.4, 0.5) is 0 Å². The normalized spacial score (nSPS) is 27.8. The maximum Gasteiger partial charge on any atom is 0.228 e. The maximum absolute atomic E-state index is 11.8. The average molecular weight is 198 g/mol. The highest BCUT2D eigenvalue weighted by Crippen LogP contribution is 2.23. The first-order valence-electron chi connectivity index (χ1n) is 5.38. The second kappa shape index (κ2) is 4.28. The van der Waals surface area contributed by atoms with E-state index in [1.807, 2.05) is 4.90 Å². The molecule has 1 atom stereocenters. The minimum Gasteiger partial charge on any atom is -0.381 e. The van der Waals surface area contributed by atoms with E-state index in [2.05, 4.69) is 0 Å². The summed E-state index contributed by atoms with van der Waals surface area (Å²) in [5.74, 6) is 1.07. The van der Waals surface area contributed by atoms with Crippen LogP contribution in [0.25, 0.3) is 0 Å². The standard InChI is InChI=1S/C10H18N2O2/c11-3-1-8-5-12(6-8)10(13)9-2-4-14-7-9/h8-9H,1-7,11H2. The highest BCUT2D eigenvalue weighted by atomic mass is 16.5. The van der Waals surface area contributed by atoms with Crippen molar-refractivity contribution in [2.45, 2.75) is 12.8 Å². The Labute approximate surface area is 84.4 Å². The minimum atomic E-state index is 0.133. The summed E-state index contributed by atoms with van der Waals surface area (Å²) in [6.07, 6.45) is 1.95. The van der Waals surface area contributed by atoms with Crippen LogP contribution in [-0.2, 0) is 9.53 Å². The first-order chi connectivity index (χ1) is 6.81. The van der Waals surface area contributed by atoms with E-state index in [-0.39, 0.29) is 11.8 Å². The van der Waals surface area contributed by atoms with Gasteiger partial charge in [0.15, 0.2) is 0 Å². The third-order valence-electron chi connectivity index (χ3n) is 3.12. The Morgan fingerprint density at radius 2 is 2.29 bits per heavy atom. The summed E-state index contributed by atoms with van der Waals surface area (Å²) in [7, 11) is 0. The molecule has 0 bridgehead atoms. The van der Waals surface area contributed by atoms with E-state index in [0.29, 0.717) is 12.5 Å². The molecule has 4 heteroatoms. The fourth-order valence-electron chi connectivity index (χ4n) is 2.16. The first kappa shape index (κ1) is 9.93. The smallest absolute Gasteiger partial charge is 0.228 e. The molecule has 0 spiro atoms. The maximum atomic E-state index is 11.8. The van der Waals surface area contributed by atoms with Gasteiger partial charge in [-0.2, -0.15) is 0 Å². The zero-order valence-corrected chi connectivity index (χ0v) is 8.45. The van der Waals surface area contributed by atoms with Crippen molar-refractivity contribution in [3.8, 4) is 0 Å². The number of carbonyl (C=O) groups is 1. The number of nitrogens with two attached hydrogens (primary N) is 1. The SMILES string of the molecule is NCCC1CN(C(=O)C2CCOC2)C1. The number of amides is 1. The minimum absolute atomic E-state index is 0.133. The van der Waals surface area contributed by atoms with Crippen LogP contribution in [0.15, 0.2) is 0 Å². The zero-order chi connectivity index (χ0) is 9.97. The molecule has 80 valence electrons. The molecule has 2 aliphatic rings. The van der Waals surface area contributed by atoms with Crippen molar-refractivity contribution in [1.82, 2.24) is 4.90 Å². The van der Waals surface area contributed by atoms with Crippen molar-refractivity contribution in [1.29, 1.82) is 0 Å². The molecule has 1 unspecified atom stereocenters. The zero-order valence-electron chi connectivity index (χ0n) is 8.45. The molecule has 2 aliphatic heterocycles. The van der Waals surface area contributed by atoms with Crippen LogP contribution < -0.4 is 5.73 Å². The molecule has 0 radical (unpaired) electrons. The molecule has 0 aliphatic carbocycles. The highest BCUT2D eigenvalue weighted by molar-refractivity contribution is 5.80. The fraction of sp³-hybridized carbons (Fsp3) is 0.900. The Hall–Kier alpha value is -0.610. The molecular weight excluding hydrogens is 180 g/mol. The summed E-state index contributed by atoms with van der Waals surface area (Å²) < 4.78 is 5.20. The van der Waals surface area contributed by atoms with Crippen LogP contribution in [0.3, 0.4) is 0 Å². The second-order valence-corrected chi connectivity index (χ2v) is 4.25. The van der Waals surface area contributed by atoms with Gasteiger partial charge >= 0.3 is 0 Å². The van der Waals surface area contributed by atoms with Crippen LogP contribution in [0.1, 0.15) is 12.8 Å². The number of hydrogen-bond donors (Lipinski definition) is 1. The van der Waals surface area contributed by atoms with Crippen molar-refractivity contribution < 1.29 is 9.53 Å². The van der Waals surface area contributed by atoms with Crippen LogP contribution in [0, 0.1) is 11.8 Å². The van der Waals surface area contributed by atoms with E-state index in [4.69, 9.17) is 10.5 Å². The molecule has 2 rings (SSSR count). The topological polar surface area (TPSA) is 55.6 Å². The summed E-state index contributed by atoms with van der Waals surface area (Å²) >= 11 is 0. The van der Waals surface area contributed by atoms with E-state index in [0.717, 1.165) is 39.1 Å². The fourth-order valence-corrected chi connectivity index (χ4v) is 2.16. The summed E-state index contributed by atoms with van der Waals surface area (Å²) in [5, 5.41) is 0. The Balaban J connectivity index is 1.73. The van der Waals surface area contributed by atoms with Crippen molar-refractivity contribution in [3.05, 3.63) is 0 Å². The van der Waals surface area contributed by atoms with Crippen molar-refractivity contribution in [2.24, 2.45) is 17.6 Å². The largest absolute Gasteiger partial charge is 0.381 e. The Bertz CT molecular complexity index is 208. The number of hydrogen-bond acceptors (Lipinski definition) is 3. The van der Waals surface area contributed by atoms with Gasteiger partial charge in [-0.15, -0.1) is 0 Å². The number of ether oxygens (including phenoxy) is 1. The highest BCUT2D eigenvalue weighted by Gasteiger charge is 2.35. The molecule has 2 N–H and O–H groups in total.